The molecule has 0 bridgehead atoms. The van der Waals surface area contributed by atoms with Crippen molar-refractivity contribution >= 4 is 11.9 Å². The second-order valence-electron chi connectivity index (χ2n) is 4.50. The zero-order valence-corrected chi connectivity index (χ0v) is 11.5. The molecule has 1 N–H and O–H groups in total. The monoisotopic (exact) mass is 273 g/mol. The van der Waals surface area contributed by atoms with E-state index in [1.807, 2.05) is 21.0 Å². The van der Waals surface area contributed by atoms with E-state index >= 15 is 0 Å². The Morgan fingerprint density at radius 1 is 1.30 bits per heavy atom. The minimum absolute atomic E-state index is 0.0978. The third-order valence-electron chi connectivity index (χ3n) is 2.60. The summed E-state index contributed by atoms with van der Waals surface area (Å²) < 4.78 is 5.58. The Morgan fingerprint density at radius 3 is 2.70 bits per heavy atom. The molecule has 0 saturated heterocycles. The lowest BCUT2D eigenvalue weighted by atomic mass is 10.1. The summed E-state index contributed by atoms with van der Waals surface area (Å²) in [7, 11) is 3.63. The van der Waals surface area contributed by atoms with E-state index in [2.05, 4.69) is 9.97 Å². The van der Waals surface area contributed by atoms with E-state index in [9.17, 15) is 4.79 Å². The average molecular weight is 273 g/mol. The zero-order chi connectivity index (χ0) is 14.7. The van der Waals surface area contributed by atoms with E-state index < -0.39 is 5.97 Å². The third-order valence-corrected chi connectivity index (χ3v) is 2.60. The van der Waals surface area contributed by atoms with Crippen molar-refractivity contribution in [2.24, 2.45) is 0 Å². The number of anilines is 1. The van der Waals surface area contributed by atoms with E-state index in [0.29, 0.717) is 11.8 Å². The summed E-state index contributed by atoms with van der Waals surface area (Å²) in [4.78, 5) is 21.2. The molecule has 0 atom stereocenters. The van der Waals surface area contributed by atoms with Gasteiger partial charge in [-0.05, 0) is 24.6 Å². The van der Waals surface area contributed by atoms with Gasteiger partial charge in [-0.3, -0.25) is 0 Å². The number of aromatic carboxylic acids is 1. The summed E-state index contributed by atoms with van der Waals surface area (Å²) >= 11 is 0. The normalized spacial score (nSPS) is 10.2. The van der Waals surface area contributed by atoms with Crippen molar-refractivity contribution < 1.29 is 14.6 Å². The Balaban J connectivity index is 2.36. The van der Waals surface area contributed by atoms with Gasteiger partial charge >= 0.3 is 5.97 Å². The number of hydrogen-bond donors (Lipinski definition) is 1. The molecular weight excluding hydrogens is 258 g/mol. The molecule has 0 unspecified atom stereocenters. The highest BCUT2D eigenvalue weighted by molar-refractivity contribution is 5.91. The Kier molecular flexibility index (Phi) is 3.84. The molecular formula is C14H15N3O3. The Morgan fingerprint density at radius 2 is 2.05 bits per heavy atom. The minimum atomic E-state index is -1.04. The van der Waals surface area contributed by atoms with Gasteiger partial charge in [-0.15, -0.1) is 0 Å². The van der Waals surface area contributed by atoms with Crippen LogP contribution in [0.5, 0.6) is 11.6 Å². The number of nitrogens with zero attached hydrogens (tertiary/aromatic N) is 3. The van der Waals surface area contributed by atoms with Gasteiger partial charge in [0.2, 0.25) is 11.8 Å². The molecule has 0 aliphatic heterocycles. The van der Waals surface area contributed by atoms with Crippen molar-refractivity contribution in [1.82, 2.24) is 9.97 Å². The maximum absolute atomic E-state index is 11.2. The van der Waals surface area contributed by atoms with Gasteiger partial charge in [0.25, 0.3) is 0 Å². The van der Waals surface area contributed by atoms with Crippen LogP contribution in [0, 0.1) is 6.92 Å². The molecule has 20 heavy (non-hydrogen) atoms. The van der Waals surface area contributed by atoms with Gasteiger partial charge in [-0.25, -0.2) is 9.78 Å². The highest BCUT2D eigenvalue weighted by Crippen LogP contribution is 2.26. The number of carboxylic acids is 1. The van der Waals surface area contributed by atoms with Crippen LogP contribution in [0.2, 0.25) is 0 Å². The molecule has 104 valence electrons. The predicted octanol–water partition coefficient (Wildman–Crippen LogP) is 2.34. The number of ether oxygens (including phenoxy) is 1. The van der Waals surface area contributed by atoms with Gasteiger partial charge in [0.05, 0.1) is 0 Å². The van der Waals surface area contributed by atoms with Gasteiger partial charge < -0.3 is 14.7 Å². The molecule has 1 heterocycles. The molecule has 0 amide bonds. The third kappa shape index (κ3) is 3.03. The predicted molar refractivity (Wildman–Crippen MR) is 74.6 cm³/mol. The molecule has 6 nitrogen and oxygen atoms in total. The highest BCUT2D eigenvalue weighted by Gasteiger charge is 2.13. The van der Waals surface area contributed by atoms with Crippen LogP contribution in [0.3, 0.4) is 0 Å². The summed E-state index contributed by atoms with van der Waals surface area (Å²) in [6, 6.07) is 6.49. The number of hydrogen-bond acceptors (Lipinski definition) is 5. The fraction of sp³-hybridized carbons (Fsp3) is 0.214. The average Bonchev–Trinajstić information content (AvgIpc) is 2.38. The lowest BCUT2D eigenvalue weighted by Gasteiger charge is -2.12. The number of rotatable bonds is 4. The first-order valence-electron chi connectivity index (χ1n) is 5.99. The SMILES string of the molecule is Cc1ccc(C(=O)O)c(Oc2ccnc(N(C)C)n2)c1. The van der Waals surface area contributed by atoms with E-state index in [1.165, 1.54) is 6.07 Å². The molecule has 1 aromatic carbocycles. The van der Waals surface area contributed by atoms with Crippen molar-refractivity contribution in [3.8, 4) is 11.6 Å². The van der Waals surface area contributed by atoms with Gasteiger partial charge in [0, 0.05) is 26.4 Å². The van der Waals surface area contributed by atoms with E-state index in [4.69, 9.17) is 9.84 Å². The molecule has 0 saturated carbocycles. The van der Waals surface area contributed by atoms with Crippen molar-refractivity contribution in [2.45, 2.75) is 6.92 Å². The Bertz CT molecular complexity index is 641. The second-order valence-corrected chi connectivity index (χ2v) is 4.50. The van der Waals surface area contributed by atoms with Crippen molar-refractivity contribution in [1.29, 1.82) is 0 Å². The topological polar surface area (TPSA) is 75.6 Å². The van der Waals surface area contributed by atoms with Gasteiger partial charge in [-0.1, -0.05) is 6.07 Å². The Hall–Kier alpha value is -2.63. The van der Waals surface area contributed by atoms with Crippen molar-refractivity contribution in [2.75, 3.05) is 19.0 Å². The molecule has 6 heteroatoms. The molecule has 0 fully saturated rings. The van der Waals surface area contributed by atoms with Crippen LogP contribution in [0.4, 0.5) is 5.95 Å². The second kappa shape index (κ2) is 5.56. The maximum atomic E-state index is 11.2. The van der Waals surface area contributed by atoms with E-state index in [1.54, 1.807) is 29.3 Å². The fourth-order valence-electron chi connectivity index (χ4n) is 1.61. The van der Waals surface area contributed by atoms with Crippen LogP contribution < -0.4 is 9.64 Å². The van der Waals surface area contributed by atoms with Crippen molar-refractivity contribution in [3.05, 3.63) is 41.6 Å². The fourth-order valence-corrected chi connectivity index (χ4v) is 1.61. The first kappa shape index (κ1) is 13.8. The van der Waals surface area contributed by atoms with Gasteiger partial charge in [0.15, 0.2) is 0 Å². The zero-order valence-electron chi connectivity index (χ0n) is 11.5. The van der Waals surface area contributed by atoms with Crippen LogP contribution >= 0.6 is 0 Å². The molecule has 2 aromatic rings. The van der Waals surface area contributed by atoms with Crippen LogP contribution in [0.25, 0.3) is 0 Å². The number of aromatic nitrogens is 2. The Labute approximate surface area is 116 Å². The molecule has 0 aliphatic rings. The lowest BCUT2D eigenvalue weighted by Crippen LogP contribution is -2.12. The highest BCUT2D eigenvalue weighted by atomic mass is 16.5. The van der Waals surface area contributed by atoms with E-state index in [-0.39, 0.29) is 11.3 Å². The molecule has 0 radical (unpaired) electrons. The molecule has 2 rings (SSSR count). The minimum Gasteiger partial charge on any atom is -0.478 e. The number of carboxylic acid groups (broad SMARTS) is 1. The largest absolute Gasteiger partial charge is 0.478 e. The van der Waals surface area contributed by atoms with Gasteiger partial charge in [0.1, 0.15) is 11.3 Å². The number of carbonyl (C=O) groups is 1. The summed E-state index contributed by atoms with van der Waals surface area (Å²) in [5.41, 5.74) is 1.01. The summed E-state index contributed by atoms with van der Waals surface area (Å²) in [5.74, 6) is 0.0200. The molecule has 0 aliphatic carbocycles. The van der Waals surface area contributed by atoms with Crippen LogP contribution in [0.1, 0.15) is 15.9 Å². The van der Waals surface area contributed by atoms with Crippen LogP contribution in [-0.2, 0) is 0 Å². The van der Waals surface area contributed by atoms with E-state index in [0.717, 1.165) is 5.56 Å². The van der Waals surface area contributed by atoms with Crippen molar-refractivity contribution in [3.63, 3.8) is 0 Å². The molecule has 0 spiro atoms. The standard InChI is InChI=1S/C14H15N3O3/c1-9-4-5-10(13(18)19)11(8-9)20-12-6-7-15-14(16-12)17(2)3/h4-8H,1-3H3,(H,18,19). The van der Waals surface area contributed by atoms with Crippen LogP contribution in [0.15, 0.2) is 30.5 Å². The number of benzene rings is 1. The molecule has 1 aromatic heterocycles. The lowest BCUT2D eigenvalue weighted by molar-refractivity contribution is 0.0694. The quantitative estimate of drug-likeness (QED) is 0.921. The summed E-state index contributed by atoms with van der Waals surface area (Å²) in [6.45, 7) is 1.86. The first-order valence-corrected chi connectivity index (χ1v) is 5.99. The number of aryl methyl sites for hydroxylation is 1. The maximum Gasteiger partial charge on any atom is 0.339 e. The van der Waals surface area contributed by atoms with Crippen LogP contribution in [-0.4, -0.2) is 35.1 Å². The van der Waals surface area contributed by atoms with Gasteiger partial charge in [-0.2, -0.15) is 4.98 Å². The summed E-state index contributed by atoms with van der Waals surface area (Å²) in [6.07, 6.45) is 1.56. The first-order chi connectivity index (χ1) is 9.47. The smallest absolute Gasteiger partial charge is 0.339 e. The summed E-state index contributed by atoms with van der Waals surface area (Å²) in [5, 5.41) is 9.16.